The summed E-state index contributed by atoms with van der Waals surface area (Å²) in [4.78, 5) is 22.0. The van der Waals surface area contributed by atoms with E-state index in [0.717, 1.165) is 33.7 Å². The Morgan fingerprint density at radius 2 is 2.00 bits per heavy atom. The third kappa shape index (κ3) is 2.00. The maximum atomic E-state index is 12.3. The van der Waals surface area contributed by atoms with Crippen LogP contribution in [0.2, 0.25) is 0 Å². The molecule has 1 aliphatic heterocycles. The standard InChI is InChI=1S/C18H17N3O2/c1-3-21-16-9-15-14(8-13(16)10(2)18(21)23)19-17(20-15)11-4-6-12(22)7-5-11/h4-10,22H,3H2,1-2H3,(H,19,20). The number of carbonyl (C=O) groups excluding carboxylic acids is 1. The highest BCUT2D eigenvalue weighted by Gasteiger charge is 2.33. The molecule has 0 bridgehead atoms. The van der Waals surface area contributed by atoms with Crippen molar-refractivity contribution < 1.29 is 9.90 Å². The number of H-pyrrole nitrogens is 1. The summed E-state index contributed by atoms with van der Waals surface area (Å²) in [6.45, 7) is 4.59. The summed E-state index contributed by atoms with van der Waals surface area (Å²) in [5, 5.41) is 9.40. The van der Waals surface area contributed by atoms with Crippen molar-refractivity contribution in [1.82, 2.24) is 9.97 Å². The maximum Gasteiger partial charge on any atom is 0.234 e. The minimum atomic E-state index is -0.116. The number of amides is 1. The van der Waals surface area contributed by atoms with Gasteiger partial charge in [0.15, 0.2) is 0 Å². The number of aromatic hydroxyl groups is 1. The van der Waals surface area contributed by atoms with E-state index in [9.17, 15) is 9.90 Å². The maximum absolute atomic E-state index is 12.3. The molecular formula is C18H17N3O2. The Balaban J connectivity index is 1.85. The molecule has 5 heteroatoms. The van der Waals surface area contributed by atoms with Crippen LogP contribution in [0.1, 0.15) is 25.3 Å². The lowest BCUT2D eigenvalue weighted by Crippen LogP contribution is -2.27. The number of nitrogens with one attached hydrogen (secondary N) is 1. The highest BCUT2D eigenvalue weighted by Crippen LogP contribution is 2.39. The Morgan fingerprint density at radius 3 is 2.70 bits per heavy atom. The van der Waals surface area contributed by atoms with E-state index in [0.29, 0.717) is 6.54 Å². The van der Waals surface area contributed by atoms with Gasteiger partial charge in [-0.3, -0.25) is 4.79 Å². The molecule has 2 N–H and O–H groups in total. The summed E-state index contributed by atoms with van der Waals surface area (Å²) in [6.07, 6.45) is 0. The second-order valence-electron chi connectivity index (χ2n) is 5.86. The first-order chi connectivity index (χ1) is 11.1. The van der Waals surface area contributed by atoms with Gasteiger partial charge in [-0.05, 0) is 55.8 Å². The highest BCUT2D eigenvalue weighted by atomic mass is 16.3. The number of anilines is 1. The smallest absolute Gasteiger partial charge is 0.234 e. The van der Waals surface area contributed by atoms with E-state index in [1.54, 1.807) is 12.1 Å². The van der Waals surface area contributed by atoms with Crippen LogP contribution in [0.4, 0.5) is 5.69 Å². The molecule has 1 unspecified atom stereocenters. The fourth-order valence-electron chi connectivity index (χ4n) is 3.21. The number of phenols is 1. The zero-order valence-corrected chi connectivity index (χ0v) is 13.0. The number of rotatable bonds is 2. The molecule has 23 heavy (non-hydrogen) atoms. The van der Waals surface area contributed by atoms with Crippen molar-refractivity contribution in [2.24, 2.45) is 0 Å². The normalized spacial score (nSPS) is 17.0. The first kappa shape index (κ1) is 13.8. The van der Waals surface area contributed by atoms with Crippen molar-refractivity contribution in [3.8, 4) is 17.1 Å². The van der Waals surface area contributed by atoms with Gasteiger partial charge in [-0.15, -0.1) is 0 Å². The van der Waals surface area contributed by atoms with Gasteiger partial charge < -0.3 is 15.0 Å². The number of aromatic amines is 1. The van der Waals surface area contributed by atoms with Crippen LogP contribution >= 0.6 is 0 Å². The topological polar surface area (TPSA) is 69.2 Å². The van der Waals surface area contributed by atoms with Crippen LogP contribution in [0.25, 0.3) is 22.4 Å². The summed E-state index contributed by atoms with van der Waals surface area (Å²) in [6, 6.07) is 10.9. The molecule has 0 saturated carbocycles. The van der Waals surface area contributed by atoms with Gasteiger partial charge in [0.05, 0.1) is 17.0 Å². The number of nitrogens with zero attached hydrogens (tertiary/aromatic N) is 2. The number of hydrogen-bond acceptors (Lipinski definition) is 3. The number of imidazole rings is 1. The van der Waals surface area contributed by atoms with Gasteiger partial charge in [0, 0.05) is 17.8 Å². The fourth-order valence-corrected chi connectivity index (χ4v) is 3.21. The van der Waals surface area contributed by atoms with Gasteiger partial charge in [0.1, 0.15) is 11.6 Å². The second kappa shape index (κ2) is 4.84. The van der Waals surface area contributed by atoms with Crippen molar-refractivity contribution >= 4 is 22.6 Å². The van der Waals surface area contributed by atoms with E-state index in [1.807, 2.05) is 43.0 Å². The third-order valence-corrected chi connectivity index (χ3v) is 4.48. The van der Waals surface area contributed by atoms with Crippen LogP contribution < -0.4 is 4.90 Å². The molecule has 3 aromatic rings. The van der Waals surface area contributed by atoms with E-state index in [1.165, 1.54) is 0 Å². The van der Waals surface area contributed by atoms with Crippen molar-refractivity contribution in [1.29, 1.82) is 0 Å². The number of aromatic nitrogens is 2. The van der Waals surface area contributed by atoms with Gasteiger partial charge in [-0.2, -0.15) is 0 Å². The lowest BCUT2D eigenvalue weighted by atomic mass is 10.0. The quantitative estimate of drug-likeness (QED) is 0.762. The summed E-state index contributed by atoms with van der Waals surface area (Å²) in [5.74, 6) is 1.02. The van der Waals surface area contributed by atoms with Gasteiger partial charge in [-0.25, -0.2) is 4.98 Å². The number of carbonyl (C=O) groups is 1. The molecule has 0 saturated heterocycles. The van der Waals surface area contributed by atoms with Crippen molar-refractivity contribution in [3.05, 3.63) is 42.0 Å². The Bertz CT molecular complexity index is 912. The van der Waals surface area contributed by atoms with E-state index < -0.39 is 0 Å². The average molecular weight is 307 g/mol. The minimum Gasteiger partial charge on any atom is -0.508 e. The average Bonchev–Trinajstić information content (AvgIpc) is 3.06. The van der Waals surface area contributed by atoms with Crippen molar-refractivity contribution in [2.45, 2.75) is 19.8 Å². The molecule has 1 atom stereocenters. The summed E-state index contributed by atoms with van der Waals surface area (Å²) in [7, 11) is 0. The Kier molecular flexibility index (Phi) is 2.91. The third-order valence-electron chi connectivity index (χ3n) is 4.48. The Morgan fingerprint density at radius 1 is 1.26 bits per heavy atom. The predicted octanol–water partition coefficient (Wildman–Crippen LogP) is 3.41. The molecule has 5 nitrogen and oxygen atoms in total. The van der Waals surface area contributed by atoms with Crippen LogP contribution in [0.15, 0.2) is 36.4 Å². The number of fused-ring (bicyclic) bond motifs is 2. The highest BCUT2D eigenvalue weighted by molar-refractivity contribution is 6.06. The predicted molar refractivity (Wildman–Crippen MR) is 89.6 cm³/mol. The van der Waals surface area contributed by atoms with Gasteiger partial charge in [0.2, 0.25) is 5.91 Å². The largest absolute Gasteiger partial charge is 0.508 e. The molecule has 1 aromatic heterocycles. The lowest BCUT2D eigenvalue weighted by Gasteiger charge is -2.14. The molecule has 0 spiro atoms. The fraction of sp³-hybridized carbons (Fsp3) is 0.222. The first-order valence-electron chi connectivity index (χ1n) is 7.73. The van der Waals surface area contributed by atoms with Crippen LogP contribution in [-0.4, -0.2) is 27.5 Å². The molecule has 0 radical (unpaired) electrons. The number of likely N-dealkylation sites (N-methyl/N-ethyl adjacent to an activating group) is 1. The van der Waals surface area contributed by atoms with Crippen LogP contribution in [-0.2, 0) is 4.79 Å². The molecule has 1 amide bonds. The number of benzene rings is 2. The monoisotopic (exact) mass is 307 g/mol. The van der Waals surface area contributed by atoms with Crippen LogP contribution in [0.5, 0.6) is 5.75 Å². The molecule has 2 heterocycles. The van der Waals surface area contributed by atoms with E-state index in [2.05, 4.69) is 9.97 Å². The minimum absolute atomic E-state index is 0.116. The van der Waals surface area contributed by atoms with Gasteiger partial charge in [0.25, 0.3) is 0 Å². The van der Waals surface area contributed by atoms with Crippen LogP contribution in [0.3, 0.4) is 0 Å². The zero-order valence-electron chi connectivity index (χ0n) is 13.0. The van der Waals surface area contributed by atoms with Crippen molar-refractivity contribution in [3.63, 3.8) is 0 Å². The second-order valence-corrected chi connectivity index (χ2v) is 5.86. The van der Waals surface area contributed by atoms with E-state index in [4.69, 9.17) is 0 Å². The molecule has 0 aliphatic carbocycles. The van der Waals surface area contributed by atoms with E-state index in [-0.39, 0.29) is 17.6 Å². The van der Waals surface area contributed by atoms with Crippen molar-refractivity contribution in [2.75, 3.05) is 11.4 Å². The number of hydrogen-bond donors (Lipinski definition) is 2. The van der Waals surface area contributed by atoms with E-state index >= 15 is 0 Å². The molecule has 116 valence electrons. The van der Waals surface area contributed by atoms with Gasteiger partial charge >= 0.3 is 0 Å². The Labute approximate surface area is 133 Å². The summed E-state index contributed by atoms with van der Waals surface area (Å²) in [5.41, 5.74) is 4.68. The SMILES string of the molecule is CCN1C(=O)C(C)c2cc3[nH]c(-c4ccc(O)cc4)nc3cc21. The molecule has 4 rings (SSSR count). The molecular weight excluding hydrogens is 290 g/mol. The Hall–Kier alpha value is -2.82. The molecule has 0 fully saturated rings. The zero-order chi connectivity index (χ0) is 16.1. The number of phenolic OH excluding ortho intramolecular Hbond substituents is 1. The molecule has 2 aromatic carbocycles. The lowest BCUT2D eigenvalue weighted by molar-refractivity contribution is -0.118. The first-order valence-corrected chi connectivity index (χ1v) is 7.73. The van der Waals surface area contributed by atoms with Crippen LogP contribution in [0, 0.1) is 0 Å². The summed E-state index contributed by atoms with van der Waals surface area (Å²) < 4.78 is 0. The summed E-state index contributed by atoms with van der Waals surface area (Å²) >= 11 is 0. The van der Waals surface area contributed by atoms with Gasteiger partial charge in [-0.1, -0.05) is 0 Å². The molecule has 1 aliphatic rings.